The molecule has 0 spiro atoms. The van der Waals surface area contributed by atoms with Crippen LogP contribution in [0.3, 0.4) is 0 Å². The van der Waals surface area contributed by atoms with Crippen molar-refractivity contribution >= 4 is 0 Å². The Morgan fingerprint density at radius 3 is 1.11 bits per heavy atom. The van der Waals surface area contributed by atoms with Crippen LogP contribution in [0.1, 0.15) is 0 Å². The van der Waals surface area contributed by atoms with E-state index in [-0.39, 0.29) is 0 Å². The van der Waals surface area contributed by atoms with Crippen molar-refractivity contribution in [2.24, 2.45) is 5.41 Å². The second-order valence-corrected chi connectivity index (χ2v) is 5.40. The summed E-state index contributed by atoms with van der Waals surface area (Å²) in [5, 5.41) is -4.25. The lowest BCUT2D eigenvalue weighted by molar-refractivity contribution is -0.845. The van der Waals surface area contributed by atoms with Crippen molar-refractivity contribution in [3.8, 4) is 0 Å². The van der Waals surface area contributed by atoms with E-state index in [1.54, 1.807) is 0 Å². The van der Waals surface area contributed by atoms with Gasteiger partial charge in [-0.05, 0) is 13.8 Å². The highest BCUT2D eigenvalue weighted by molar-refractivity contribution is 4.95. The molecular weight excluding hydrogens is 552 g/mol. The second kappa shape index (κ2) is 11.3. The first-order valence-electron chi connectivity index (χ1n) is 7.09. The van der Waals surface area contributed by atoms with Gasteiger partial charge in [0.1, 0.15) is 6.61 Å². The minimum atomic E-state index is -6.30. The number of rotatable bonds is 16. The molecule has 0 saturated carbocycles. The van der Waals surface area contributed by atoms with E-state index < -0.39 is 72.2 Å². The van der Waals surface area contributed by atoms with E-state index in [0.29, 0.717) is 0 Å². The summed E-state index contributed by atoms with van der Waals surface area (Å²) in [6.45, 7) is 2.44. The molecule has 0 fully saturated rings. The summed E-state index contributed by atoms with van der Waals surface area (Å²) >= 11 is 0. The Kier molecular flexibility index (Phi) is 10.4. The van der Waals surface area contributed by atoms with E-state index >= 15 is 0 Å². The first-order chi connectivity index (χ1) is 15.7. The Morgan fingerprint density at radius 2 is 0.914 bits per heavy atom. The molecule has 0 N–H and O–H groups in total. The van der Waals surface area contributed by atoms with Gasteiger partial charge in [-0.1, -0.05) is 53.8 Å². The molecule has 0 aliphatic carbocycles. The van der Waals surface area contributed by atoms with Gasteiger partial charge in [0.2, 0.25) is 0 Å². The molecule has 0 aromatic rings. The third kappa shape index (κ3) is 6.28. The standard InChI is InChI=1S/C7H6F12N8O8/c1-4(2,3-32-26(28)29)5(35-27(30)31,33-6(20(8)9,21(10)11)22(12)13)34-7(23(14)15,24(16)17)25(18)19/h1-3H2. The summed E-state index contributed by atoms with van der Waals surface area (Å²) < 4.78 is 163. The highest BCUT2D eigenvalue weighted by atomic mass is 19.4. The molecule has 0 rings (SSSR count). The van der Waals surface area contributed by atoms with Gasteiger partial charge in [0.05, 0.1) is 37.5 Å². The number of hydrogen-bond donors (Lipinski definition) is 0. The molecule has 2 radical (unpaired) electrons. The number of ether oxygens (including phenoxy) is 2. The quantitative estimate of drug-likeness (QED) is 0.0900. The van der Waals surface area contributed by atoms with Gasteiger partial charge in [0, 0.05) is 0 Å². The fourth-order valence-corrected chi connectivity index (χ4v) is 1.64. The Morgan fingerprint density at radius 1 is 0.629 bits per heavy atom. The van der Waals surface area contributed by atoms with Gasteiger partial charge in [-0.25, -0.2) is 4.84 Å². The highest BCUT2D eigenvalue weighted by Crippen LogP contribution is 2.48. The minimum absolute atomic E-state index is 1.96. The van der Waals surface area contributed by atoms with Crippen LogP contribution in [0.4, 0.5) is 53.8 Å². The molecule has 0 saturated heterocycles. The molecule has 206 valence electrons. The van der Waals surface area contributed by atoms with Gasteiger partial charge in [-0.15, -0.1) is 20.2 Å². The molecule has 0 unspecified atom stereocenters. The summed E-state index contributed by atoms with van der Waals surface area (Å²) in [6.07, 6.45) is 0. The SMILES string of the molecule is [CH2]C([CH2])(CO[N+](=O)[O-])C(O[N+](=O)[O-])(OC(N(F)F)(N(F)F)N(F)F)OC(N(F)F)(N(F)F)N(F)F. The fourth-order valence-electron chi connectivity index (χ4n) is 1.64. The largest absolute Gasteiger partial charge is 0.413 e. The maximum Gasteiger partial charge on any atom is 0.413 e. The maximum atomic E-state index is 13.1. The van der Waals surface area contributed by atoms with E-state index in [2.05, 4.69) is 33.0 Å². The average Bonchev–Trinajstić information content (AvgIpc) is 2.66. The number of hydrogen-bond acceptors (Lipinski definition) is 14. The lowest BCUT2D eigenvalue weighted by Gasteiger charge is -2.48. The van der Waals surface area contributed by atoms with Crippen molar-refractivity contribution in [3.63, 3.8) is 0 Å². The molecule has 16 nitrogen and oxygen atoms in total. The summed E-state index contributed by atoms with van der Waals surface area (Å²) in [5.41, 5.74) is -4.13. The van der Waals surface area contributed by atoms with E-state index in [0.717, 1.165) is 0 Å². The third-order valence-electron chi connectivity index (χ3n) is 3.15. The molecule has 0 heterocycles. The zero-order valence-corrected chi connectivity index (χ0v) is 15.5. The molecule has 0 aliphatic rings. The average molecular weight is 558 g/mol. The van der Waals surface area contributed by atoms with Gasteiger partial charge in [0.25, 0.3) is 10.2 Å². The molecular formula is C7H6F12N8O8. The smallest absolute Gasteiger partial charge is 0.313 e. The molecule has 0 aliphatic heterocycles. The Balaban J connectivity index is 7.54. The highest BCUT2D eigenvalue weighted by Gasteiger charge is 2.73. The molecule has 0 bridgehead atoms. The van der Waals surface area contributed by atoms with Crippen molar-refractivity contribution in [2.75, 3.05) is 6.61 Å². The maximum absolute atomic E-state index is 13.1. The van der Waals surface area contributed by atoms with Crippen LogP contribution in [0.15, 0.2) is 0 Å². The van der Waals surface area contributed by atoms with Crippen LogP contribution >= 0.6 is 0 Å². The number of nitrogens with zero attached hydrogens (tertiary/aromatic N) is 8. The first kappa shape index (κ1) is 32.2. The fraction of sp³-hybridized carbons (Fsp3) is 0.714. The van der Waals surface area contributed by atoms with Crippen LogP contribution in [0, 0.1) is 39.5 Å². The molecule has 0 amide bonds. The van der Waals surface area contributed by atoms with Gasteiger partial charge in [-0.3, -0.25) is 9.47 Å². The van der Waals surface area contributed by atoms with Crippen molar-refractivity contribution in [1.29, 1.82) is 0 Å². The minimum Gasteiger partial charge on any atom is -0.313 e. The number of halogens is 12. The Labute approximate surface area is 180 Å². The van der Waals surface area contributed by atoms with Crippen molar-refractivity contribution in [2.45, 2.75) is 17.9 Å². The predicted octanol–water partition coefficient (Wildman–Crippen LogP) is 2.39. The monoisotopic (exact) mass is 558 g/mol. The molecule has 35 heavy (non-hydrogen) atoms. The zero-order chi connectivity index (χ0) is 28.2. The Bertz CT molecular complexity index is 655. The van der Waals surface area contributed by atoms with E-state index in [1.165, 1.54) is 0 Å². The first-order valence-corrected chi connectivity index (χ1v) is 7.09. The van der Waals surface area contributed by atoms with E-state index in [4.69, 9.17) is 0 Å². The van der Waals surface area contributed by atoms with Crippen molar-refractivity contribution in [3.05, 3.63) is 34.1 Å². The summed E-state index contributed by atoms with van der Waals surface area (Å²) in [6, 6.07) is 0. The van der Waals surface area contributed by atoms with Gasteiger partial charge < -0.3 is 4.84 Å². The topological polar surface area (TPSA) is 143 Å². The van der Waals surface area contributed by atoms with Crippen LogP contribution < -0.4 is 0 Å². The summed E-state index contributed by atoms with van der Waals surface area (Å²) in [4.78, 5) is 27.6. The van der Waals surface area contributed by atoms with Crippen LogP contribution in [0.2, 0.25) is 0 Å². The summed E-state index contributed by atoms with van der Waals surface area (Å²) in [5.74, 6) is -18.3. The zero-order valence-electron chi connectivity index (χ0n) is 15.5. The van der Waals surface area contributed by atoms with Gasteiger partial charge in [0.15, 0.2) is 0 Å². The van der Waals surface area contributed by atoms with Crippen LogP contribution in [-0.4, -0.2) is 66.8 Å². The Hall–Kier alpha value is -2.76. The van der Waals surface area contributed by atoms with Crippen molar-refractivity contribution in [1.82, 2.24) is 32.1 Å². The van der Waals surface area contributed by atoms with E-state index in [9.17, 15) is 74.0 Å². The molecule has 28 heteroatoms. The summed E-state index contributed by atoms with van der Waals surface area (Å²) in [7, 11) is 0. The molecule has 0 atom stereocenters. The van der Waals surface area contributed by atoms with Crippen molar-refractivity contribution < 1.29 is 83.1 Å². The predicted molar refractivity (Wildman–Crippen MR) is 68.9 cm³/mol. The second-order valence-electron chi connectivity index (χ2n) is 5.40. The van der Waals surface area contributed by atoms with Gasteiger partial charge in [-0.2, -0.15) is 0 Å². The third-order valence-corrected chi connectivity index (χ3v) is 3.15. The lowest BCUT2D eigenvalue weighted by atomic mass is 9.91. The normalized spacial score (nSPS) is 14.1. The van der Waals surface area contributed by atoms with Crippen LogP contribution in [-0.2, 0) is 19.1 Å². The lowest BCUT2D eigenvalue weighted by Crippen LogP contribution is -2.72. The van der Waals surface area contributed by atoms with E-state index in [1.807, 2.05) is 0 Å². The van der Waals surface area contributed by atoms with Crippen LogP contribution in [0.25, 0.3) is 0 Å². The van der Waals surface area contributed by atoms with Gasteiger partial charge >= 0.3 is 17.9 Å². The molecule has 0 aromatic heterocycles. The molecule has 0 aromatic carbocycles. The van der Waals surface area contributed by atoms with Crippen LogP contribution in [0.5, 0.6) is 0 Å².